The largest absolute Gasteiger partial charge is 0.274 e. The minimum absolute atomic E-state index is 0.0867. The molecule has 1 aromatic rings. The molecule has 0 spiro atoms. The Bertz CT molecular complexity index is 602. The summed E-state index contributed by atoms with van der Waals surface area (Å²) in [5, 5.41) is 0.869. The predicted octanol–water partition coefficient (Wildman–Crippen LogP) is 3.53. The summed E-state index contributed by atoms with van der Waals surface area (Å²) in [5.74, 6) is 0.328. The number of fused-ring (bicyclic) bond motifs is 5. The molecule has 1 aliphatic heterocycles. The minimum atomic E-state index is -0.128. The van der Waals surface area contributed by atoms with Crippen LogP contribution in [-0.2, 0) is 9.59 Å². The second-order valence-electron chi connectivity index (χ2n) is 5.99. The van der Waals surface area contributed by atoms with Gasteiger partial charge in [-0.3, -0.25) is 9.59 Å². The second-order valence-corrected chi connectivity index (χ2v) is 6.84. The Hall–Kier alpha value is -1.06. The van der Waals surface area contributed by atoms with Crippen LogP contribution in [0.25, 0.3) is 0 Å². The van der Waals surface area contributed by atoms with Crippen molar-refractivity contribution in [3.8, 4) is 0 Å². The number of hydrogen-bond donors (Lipinski definition) is 0. The molecule has 5 heteroatoms. The molecule has 3 aliphatic rings. The average molecular weight is 310 g/mol. The zero-order valence-corrected chi connectivity index (χ0v) is 12.2. The zero-order valence-electron chi connectivity index (χ0n) is 10.7. The molecule has 2 amide bonds. The Kier molecular flexibility index (Phi) is 2.67. The number of imide groups is 1. The van der Waals surface area contributed by atoms with E-state index in [1.807, 2.05) is 0 Å². The van der Waals surface area contributed by atoms with Crippen LogP contribution < -0.4 is 4.90 Å². The highest BCUT2D eigenvalue weighted by atomic mass is 35.5. The molecule has 1 heterocycles. The van der Waals surface area contributed by atoms with Gasteiger partial charge in [0, 0.05) is 5.02 Å². The summed E-state index contributed by atoms with van der Waals surface area (Å²) in [7, 11) is 0. The third-order valence-corrected chi connectivity index (χ3v) is 5.63. The van der Waals surface area contributed by atoms with Gasteiger partial charge < -0.3 is 0 Å². The van der Waals surface area contributed by atoms with Gasteiger partial charge in [-0.05, 0) is 49.3 Å². The summed E-state index contributed by atoms with van der Waals surface area (Å²) in [6, 6.07) is 4.88. The van der Waals surface area contributed by atoms with Crippen LogP contribution in [0.15, 0.2) is 18.2 Å². The van der Waals surface area contributed by atoms with Crippen LogP contribution in [0.3, 0.4) is 0 Å². The Labute approximate surface area is 126 Å². The van der Waals surface area contributed by atoms with Crippen molar-refractivity contribution in [2.45, 2.75) is 19.3 Å². The van der Waals surface area contributed by atoms with Crippen LogP contribution in [0.5, 0.6) is 0 Å². The van der Waals surface area contributed by atoms with Crippen molar-refractivity contribution in [3.63, 3.8) is 0 Å². The summed E-state index contributed by atoms with van der Waals surface area (Å²) in [5.41, 5.74) is 0.433. The van der Waals surface area contributed by atoms with Crippen molar-refractivity contribution in [1.82, 2.24) is 0 Å². The number of carbonyl (C=O) groups is 2. The van der Waals surface area contributed by atoms with Gasteiger partial charge in [0.05, 0.1) is 22.5 Å². The maximum atomic E-state index is 12.7. The maximum absolute atomic E-state index is 12.7. The van der Waals surface area contributed by atoms with Gasteiger partial charge in [0.1, 0.15) is 0 Å². The van der Waals surface area contributed by atoms with Crippen LogP contribution in [-0.4, -0.2) is 11.8 Å². The first kappa shape index (κ1) is 12.7. The molecule has 3 nitrogen and oxygen atoms in total. The topological polar surface area (TPSA) is 37.4 Å². The molecular weight excluding hydrogens is 297 g/mol. The lowest BCUT2D eigenvalue weighted by atomic mass is 9.81. The van der Waals surface area contributed by atoms with E-state index in [0.29, 0.717) is 27.6 Å². The third-order valence-electron chi connectivity index (χ3n) is 5.08. The smallest absolute Gasteiger partial charge is 0.238 e. The molecule has 4 atom stereocenters. The molecule has 2 aliphatic carbocycles. The molecule has 1 saturated heterocycles. The normalized spacial score (nSPS) is 35.0. The van der Waals surface area contributed by atoms with Gasteiger partial charge in [-0.2, -0.15) is 0 Å². The van der Waals surface area contributed by atoms with Gasteiger partial charge in [0.15, 0.2) is 0 Å². The number of benzene rings is 1. The monoisotopic (exact) mass is 309 g/mol. The fourth-order valence-corrected chi connectivity index (χ4v) is 4.67. The highest BCUT2D eigenvalue weighted by Gasteiger charge is 2.61. The number of hydrogen-bond acceptors (Lipinski definition) is 2. The zero-order chi connectivity index (χ0) is 14.0. The maximum Gasteiger partial charge on any atom is 0.238 e. The number of carbonyl (C=O) groups excluding carboxylic acids is 2. The molecule has 20 heavy (non-hydrogen) atoms. The molecule has 3 fully saturated rings. The van der Waals surface area contributed by atoms with Crippen molar-refractivity contribution in [1.29, 1.82) is 0 Å². The van der Waals surface area contributed by atoms with E-state index in [-0.39, 0.29) is 23.7 Å². The number of anilines is 1. The van der Waals surface area contributed by atoms with Crippen molar-refractivity contribution in [2.75, 3.05) is 4.90 Å². The van der Waals surface area contributed by atoms with E-state index < -0.39 is 0 Å². The summed E-state index contributed by atoms with van der Waals surface area (Å²) in [4.78, 5) is 26.6. The number of halogens is 2. The Morgan fingerprint density at radius 2 is 1.60 bits per heavy atom. The Morgan fingerprint density at radius 3 is 2.20 bits per heavy atom. The van der Waals surface area contributed by atoms with Crippen LogP contribution in [0.4, 0.5) is 5.69 Å². The molecule has 1 aromatic carbocycles. The van der Waals surface area contributed by atoms with Crippen LogP contribution in [0.1, 0.15) is 19.3 Å². The average Bonchev–Trinajstić information content (AvgIpc) is 3.08. The lowest BCUT2D eigenvalue weighted by Crippen LogP contribution is -2.33. The lowest BCUT2D eigenvalue weighted by molar-refractivity contribution is -0.123. The SMILES string of the molecule is O=C1[C@@H]2[C@@H]3CC[C@H](C3)[C@@H]2C(=O)N1c1cc(Cl)ccc1Cl. The standard InChI is InChI=1S/C15H13Cl2NO2/c16-9-3-4-10(17)11(6-9)18-14(19)12-7-1-2-8(5-7)13(12)15(18)20/h3-4,6-8,12-13H,1-2,5H2/t7-,8-,12-,13+/m1/s1. The van der Waals surface area contributed by atoms with E-state index in [0.717, 1.165) is 19.3 Å². The van der Waals surface area contributed by atoms with Gasteiger partial charge >= 0.3 is 0 Å². The van der Waals surface area contributed by atoms with E-state index in [2.05, 4.69) is 0 Å². The summed E-state index contributed by atoms with van der Waals surface area (Å²) < 4.78 is 0. The van der Waals surface area contributed by atoms with Crippen molar-refractivity contribution >= 4 is 40.7 Å². The van der Waals surface area contributed by atoms with Crippen LogP contribution >= 0.6 is 23.2 Å². The first-order chi connectivity index (χ1) is 9.58. The molecule has 4 rings (SSSR count). The molecule has 104 valence electrons. The highest BCUT2D eigenvalue weighted by molar-refractivity contribution is 6.37. The van der Waals surface area contributed by atoms with E-state index in [9.17, 15) is 9.59 Å². The Balaban J connectivity index is 1.79. The van der Waals surface area contributed by atoms with E-state index in [4.69, 9.17) is 23.2 Å². The van der Waals surface area contributed by atoms with Crippen molar-refractivity contribution < 1.29 is 9.59 Å². The summed E-state index contributed by atoms with van der Waals surface area (Å²) in [6.45, 7) is 0. The van der Waals surface area contributed by atoms with E-state index in [1.54, 1.807) is 18.2 Å². The molecule has 2 saturated carbocycles. The highest BCUT2D eigenvalue weighted by Crippen LogP contribution is 2.57. The molecule has 2 bridgehead atoms. The van der Waals surface area contributed by atoms with Gasteiger partial charge in [-0.25, -0.2) is 4.90 Å². The predicted molar refractivity (Wildman–Crippen MR) is 76.8 cm³/mol. The van der Waals surface area contributed by atoms with Gasteiger partial charge in [-0.15, -0.1) is 0 Å². The van der Waals surface area contributed by atoms with E-state index >= 15 is 0 Å². The summed E-state index contributed by atoms with van der Waals surface area (Å²) in [6.07, 6.45) is 3.17. The molecular formula is C15H13Cl2NO2. The first-order valence-electron chi connectivity index (χ1n) is 6.91. The fraction of sp³-hybridized carbons (Fsp3) is 0.467. The molecule has 0 N–H and O–H groups in total. The second kappa shape index (κ2) is 4.22. The van der Waals surface area contributed by atoms with Gasteiger partial charge in [-0.1, -0.05) is 23.2 Å². The number of rotatable bonds is 1. The fourth-order valence-electron chi connectivity index (χ4n) is 4.30. The van der Waals surface area contributed by atoms with Crippen molar-refractivity contribution in [2.24, 2.45) is 23.7 Å². The first-order valence-corrected chi connectivity index (χ1v) is 7.66. The van der Waals surface area contributed by atoms with Gasteiger partial charge in [0.25, 0.3) is 0 Å². The molecule has 0 aromatic heterocycles. The summed E-state index contributed by atoms with van der Waals surface area (Å²) >= 11 is 12.1. The number of amides is 2. The lowest BCUT2D eigenvalue weighted by Gasteiger charge is -2.19. The third kappa shape index (κ3) is 1.54. The number of nitrogens with zero attached hydrogens (tertiary/aromatic N) is 1. The van der Waals surface area contributed by atoms with Crippen LogP contribution in [0, 0.1) is 23.7 Å². The molecule has 0 unspecified atom stereocenters. The van der Waals surface area contributed by atoms with Crippen LogP contribution in [0.2, 0.25) is 10.0 Å². The minimum Gasteiger partial charge on any atom is -0.274 e. The molecule has 0 radical (unpaired) electrons. The van der Waals surface area contributed by atoms with E-state index in [1.165, 1.54) is 4.90 Å². The quantitative estimate of drug-likeness (QED) is 0.744. The van der Waals surface area contributed by atoms with Crippen molar-refractivity contribution in [3.05, 3.63) is 28.2 Å². The Morgan fingerprint density at radius 1 is 1.00 bits per heavy atom. The van der Waals surface area contributed by atoms with Gasteiger partial charge in [0.2, 0.25) is 11.8 Å².